The van der Waals surface area contributed by atoms with Gasteiger partial charge in [0.15, 0.2) is 0 Å². The van der Waals surface area contributed by atoms with Gasteiger partial charge in [0, 0.05) is 12.8 Å². The third kappa shape index (κ3) is 3.86. The average molecular weight is 241 g/mol. The van der Waals surface area contributed by atoms with Crippen LogP contribution in [0, 0.1) is 0 Å². The first-order valence-corrected chi connectivity index (χ1v) is 5.43. The predicted octanol–water partition coefficient (Wildman–Crippen LogP) is -0.378. The van der Waals surface area contributed by atoms with Crippen molar-refractivity contribution in [3.63, 3.8) is 0 Å². The Morgan fingerprint density at radius 3 is 2.71 bits per heavy atom. The van der Waals surface area contributed by atoms with E-state index in [0.717, 1.165) is 0 Å². The van der Waals surface area contributed by atoms with Crippen molar-refractivity contribution in [2.45, 2.75) is 38.6 Å². The lowest BCUT2D eigenvalue weighted by molar-refractivity contribution is -0.141. The second kappa shape index (κ2) is 5.97. The molecule has 7 nitrogen and oxygen atoms in total. The number of amides is 2. The van der Waals surface area contributed by atoms with E-state index < -0.39 is 17.9 Å². The summed E-state index contributed by atoms with van der Waals surface area (Å²) in [6.45, 7) is 1.83. The van der Waals surface area contributed by atoms with Crippen molar-refractivity contribution >= 4 is 23.5 Å². The molecule has 0 bridgehead atoms. The van der Waals surface area contributed by atoms with Crippen LogP contribution in [-0.4, -0.2) is 34.6 Å². The van der Waals surface area contributed by atoms with Crippen LogP contribution in [0.5, 0.6) is 0 Å². The number of carbonyl (C=O) groups excluding carboxylic acids is 2. The Labute approximate surface area is 98.3 Å². The number of hydrazone groups is 1. The zero-order valence-corrected chi connectivity index (χ0v) is 9.52. The molecule has 0 aliphatic carbocycles. The van der Waals surface area contributed by atoms with Crippen molar-refractivity contribution in [2.24, 2.45) is 5.10 Å². The van der Waals surface area contributed by atoms with E-state index in [1.165, 1.54) is 0 Å². The lowest BCUT2D eigenvalue weighted by atomic mass is 10.1. The van der Waals surface area contributed by atoms with Gasteiger partial charge in [-0.15, -0.1) is 0 Å². The van der Waals surface area contributed by atoms with Gasteiger partial charge in [0.25, 0.3) is 5.91 Å². The molecular weight excluding hydrogens is 226 g/mol. The molecule has 0 fully saturated rings. The summed E-state index contributed by atoms with van der Waals surface area (Å²) in [5.74, 6) is -1.85. The van der Waals surface area contributed by atoms with Gasteiger partial charge in [-0.3, -0.25) is 9.59 Å². The summed E-state index contributed by atoms with van der Waals surface area (Å²) in [6.07, 6.45) is 1.44. The molecule has 0 saturated carbocycles. The van der Waals surface area contributed by atoms with Gasteiger partial charge in [-0.2, -0.15) is 5.10 Å². The molecule has 0 saturated heterocycles. The number of carboxylic acids is 1. The Hall–Kier alpha value is -1.92. The van der Waals surface area contributed by atoms with Gasteiger partial charge in [-0.05, 0) is 6.42 Å². The molecule has 1 atom stereocenters. The molecule has 1 heterocycles. The molecule has 17 heavy (non-hydrogen) atoms. The average Bonchev–Trinajstić information content (AvgIpc) is 2.29. The quantitative estimate of drug-likeness (QED) is 0.609. The Morgan fingerprint density at radius 2 is 2.24 bits per heavy atom. The highest BCUT2D eigenvalue weighted by Gasteiger charge is 2.23. The smallest absolute Gasteiger partial charge is 0.326 e. The van der Waals surface area contributed by atoms with E-state index in [0.29, 0.717) is 12.8 Å². The monoisotopic (exact) mass is 241 g/mol. The fraction of sp³-hybridized carbons (Fsp3) is 0.600. The standard InChI is InChI=1S/C10H15N3O4/c1-2-3-7(10(16)17)11-9(15)6-4-5-8(14)13-12-6/h7H,2-5H2,1H3,(H,11,15)(H,13,14)(H,16,17). The van der Waals surface area contributed by atoms with Gasteiger partial charge in [0.05, 0.1) is 0 Å². The molecule has 0 aromatic heterocycles. The Kier molecular flexibility index (Phi) is 4.62. The summed E-state index contributed by atoms with van der Waals surface area (Å²) in [5.41, 5.74) is 2.35. The second-order valence-corrected chi connectivity index (χ2v) is 3.75. The van der Waals surface area contributed by atoms with Gasteiger partial charge >= 0.3 is 5.97 Å². The number of rotatable bonds is 5. The van der Waals surface area contributed by atoms with Crippen LogP contribution in [-0.2, 0) is 14.4 Å². The maximum Gasteiger partial charge on any atom is 0.326 e. The topological polar surface area (TPSA) is 108 Å². The molecule has 1 aliphatic heterocycles. The third-order valence-corrected chi connectivity index (χ3v) is 2.35. The van der Waals surface area contributed by atoms with E-state index >= 15 is 0 Å². The van der Waals surface area contributed by atoms with E-state index in [1.54, 1.807) is 0 Å². The lowest BCUT2D eigenvalue weighted by Gasteiger charge is -2.16. The maximum absolute atomic E-state index is 11.6. The number of hydrogen-bond acceptors (Lipinski definition) is 4. The van der Waals surface area contributed by atoms with Crippen molar-refractivity contribution < 1.29 is 19.5 Å². The second-order valence-electron chi connectivity index (χ2n) is 3.75. The van der Waals surface area contributed by atoms with Gasteiger partial charge in [0.2, 0.25) is 5.91 Å². The highest BCUT2D eigenvalue weighted by Crippen LogP contribution is 2.02. The molecular formula is C10H15N3O4. The van der Waals surface area contributed by atoms with E-state index in [-0.39, 0.29) is 24.5 Å². The van der Waals surface area contributed by atoms with Crippen LogP contribution >= 0.6 is 0 Å². The van der Waals surface area contributed by atoms with E-state index in [1.807, 2.05) is 6.92 Å². The summed E-state index contributed by atoms with van der Waals surface area (Å²) in [6, 6.07) is -0.909. The predicted molar refractivity (Wildman–Crippen MR) is 59.3 cm³/mol. The molecule has 1 rings (SSSR count). The molecule has 3 N–H and O–H groups in total. The highest BCUT2D eigenvalue weighted by atomic mass is 16.4. The SMILES string of the molecule is CCCC(NC(=O)C1=NNC(=O)CC1)C(=O)O. The maximum atomic E-state index is 11.6. The summed E-state index contributed by atoms with van der Waals surface area (Å²) in [7, 11) is 0. The van der Waals surface area contributed by atoms with E-state index in [4.69, 9.17) is 5.11 Å². The molecule has 0 aromatic carbocycles. The summed E-state index contributed by atoms with van der Waals surface area (Å²) < 4.78 is 0. The number of carboxylic acid groups (broad SMARTS) is 1. The van der Waals surface area contributed by atoms with Crippen LogP contribution in [0.2, 0.25) is 0 Å². The molecule has 1 aliphatic rings. The largest absolute Gasteiger partial charge is 0.480 e. The highest BCUT2D eigenvalue weighted by molar-refractivity contribution is 6.39. The van der Waals surface area contributed by atoms with Crippen LogP contribution in [0.1, 0.15) is 32.6 Å². The zero-order chi connectivity index (χ0) is 12.8. The number of aliphatic carboxylic acids is 1. The first-order chi connectivity index (χ1) is 8.04. The van der Waals surface area contributed by atoms with Crippen molar-refractivity contribution in [3.05, 3.63) is 0 Å². The first kappa shape index (κ1) is 13.1. The summed E-state index contributed by atoms with van der Waals surface area (Å²) in [4.78, 5) is 33.3. The molecule has 2 amide bonds. The fourth-order valence-electron chi connectivity index (χ4n) is 1.43. The van der Waals surface area contributed by atoms with Gasteiger partial charge in [0.1, 0.15) is 11.8 Å². The number of nitrogens with one attached hydrogen (secondary N) is 2. The fourth-order valence-corrected chi connectivity index (χ4v) is 1.43. The number of carbonyl (C=O) groups is 3. The van der Waals surface area contributed by atoms with Gasteiger partial charge in [-0.1, -0.05) is 13.3 Å². The Morgan fingerprint density at radius 1 is 1.53 bits per heavy atom. The minimum absolute atomic E-state index is 0.159. The minimum Gasteiger partial charge on any atom is -0.480 e. The third-order valence-electron chi connectivity index (χ3n) is 2.35. The van der Waals surface area contributed by atoms with Crippen molar-refractivity contribution in [1.29, 1.82) is 0 Å². The zero-order valence-electron chi connectivity index (χ0n) is 9.52. The van der Waals surface area contributed by atoms with Gasteiger partial charge in [-0.25, -0.2) is 10.2 Å². The van der Waals surface area contributed by atoms with Crippen LogP contribution in [0.15, 0.2) is 5.10 Å². The minimum atomic E-state index is -1.07. The summed E-state index contributed by atoms with van der Waals surface area (Å²) in [5, 5.41) is 14.8. The van der Waals surface area contributed by atoms with Crippen molar-refractivity contribution in [2.75, 3.05) is 0 Å². The molecule has 0 aromatic rings. The van der Waals surface area contributed by atoms with Crippen molar-refractivity contribution in [1.82, 2.24) is 10.7 Å². The summed E-state index contributed by atoms with van der Waals surface area (Å²) >= 11 is 0. The van der Waals surface area contributed by atoms with Crippen LogP contribution in [0.25, 0.3) is 0 Å². The lowest BCUT2D eigenvalue weighted by Crippen LogP contribution is -2.45. The Bertz CT molecular complexity index is 365. The molecule has 0 radical (unpaired) electrons. The van der Waals surface area contributed by atoms with Crippen LogP contribution < -0.4 is 10.7 Å². The molecule has 1 unspecified atom stereocenters. The van der Waals surface area contributed by atoms with Crippen LogP contribution in [0.3, 0.4) is 0 Å². The number of nitrogens with zero attached hydrogens (tertiary/aromatic N) is 1. The first-order valence-electron chi connectivity index (χ1n) is 5.43. The molecule has 94 valence electrons. The van der Waals surface area contributed by atoms with Crippen LogP contribution in [0.4, 0.5) is 0 Å². The molecule has 7 heteroatoms. The van der Waals surface area contributed by atoms with Gasteiger partial charge < -0.3 is 10.4 Å². The number of hydrogen-bond donors (Lipinski definition) is 3. The molecule has 0 spiro atoms. The van der Waals surface area contributed by atoms with Crippen molar-refractivity contribution in [3.8, 4) is 0 Å². The van der Waals surface area contributed by atoms with E-state index in [9.17, 15) is 14.4 Å². The Balaban J connectivity index is 2.58. The van der Waals surface area contributed by atoms with E-state index in [2.05, 4.69) is 15.8 Å². The normalized spacial score (nSPS) is 16.8.